The highest BCUT2D eigenvalue weighted by atomic mass is 16.5. The van der Waals surface area contributed by atoms with Gasteiger partial charge in [-0.05, 0) is 41.8 Å². The highest BCUT2D eigenvalue weighted by molar-refractivity contribution is 5.95. The molecule has 1 aromatic heterocycles. The fourth-order valence-electron chi connectivity index (χ4n) is 3.11. The number of nitrogens with one attached hydrogen (secondary N) is 2. The second-order valence-electron chi connectivity index (χ2n) is 6.67. The average Bonchev–Trinajstić information content (AvgIpc) is 2.79. The minimum absolute atomic E-state index is 0.207. The van der Waals surface area contributed by atoms with E-state index in [4.69, 9.17) is 5.21 Å². The third kappa shape index (κ3) is 5.06. The third-order valence-electron chi connectivity index (χ3n) is 4.64. The lowest BCUT2D eigenvalue weighted by Gasteiger charge is -2.18. The van der Waals surface area contributed by atoms with Crippen LogP contribution in [0.5, 0.6) is 0 Å². The van der Waals surface area contributed by atoms with Crippen molar-refractivity contribution in [3.8, 4) is 11.1 Å². The van der Waals surface area contributed by atoms with E-state index in [0.29, 0.717) is 17.7 Å². The molecule has 1 atom stereocenters. The van der Waals surface area contributed by atoms with Crippen molar-refractivity contribution in [3.63, 3.8) is 0 Å². The molecule has 2 amide bonds. The van der Waals surface area contributed by atoms with Crippen molar-refractivity contribution < 1.29 is 14.8 Å². The van der Waals surface area contributed by atoms with Gasteiger partial charge in [0.15, 0.2) is 0 Å². The number of hydrogen-bond donors (Lipinski definition) is 3. The summed E-state index contributed by atoms with van der Waals surface area (Å²) < 4.78 is 0. The van der Waals surface area contributed by atoms with Crippen LogP contribution >= 0.6 is 0 Å². The molecule has 0 saturated heterocycles. The van der Waals surface area contributed by atoms with Crippen LogP contribution in [0.1, 0.15) is 52.2 Å². The lowest BCUT2D eigenvalue weighted by Crippen LogP contribution is -2.29. The van der Waals surface area contributed by atoms with E-state index >= 15 is 0 Å². The normalized spacial score (nSPS) is 11.5. The fourth-order valence-corrected chi connectivity index (χ4v) is 3.11. The summed E-state index contributed by atoms with van der Waals surface area (Å²) in [6, 6.07) is 20.1. The highest BCUT2D eigenvalue weighted by Crippen LogP contribution is 2.21. The van der Waals surface area contributed by atoms with Crippen LogP contribution < -0.4 is 10.8 Å². The number of pyridine rings is 1. The van der Waals surface area contributed by atoms with Crippen LogP contribution in [0, 0.1) is 0 Å². The molecule has 0 bridgehead atoms. The maximum absolute atomic E-state index is 12.8. The van der Waals surface area contributed by atoms with E-state index in [2.05, 4.69) is 10.3 Å². The first kappa shape index (κ1) is 20.2. The van der Waals surface area contributed by atoms with E-state index < -0.39 is 5.91 Å². The minimum atomic E-state index is -0.619. The second kappa shape index (κ2) is 9.61. The van der Waals surface area contributed by atoms with E-state index in [-0.39, 0.29) is 17.5 Å². The SMILES string of the molecule is CCC[C@H](NC(=O)c1ccc(-c2ccccc2)cc1)c1cc(C(=O)NO)ccn1. The molecule has 0 unspecified atom stereocenters. The molecule has 0 aliphatic carbocycles. The van der Waals surface area contributed by atoms with Crippen LogP contribution in [-0.4, -0.2) is 22.0 Å². The summed E-state index contributed by atoms with van der Waals surface area (Å²) in [5.74, 6) is -0.825. The molecule has 6 heteroatoms. The summed E-state index contributed by atoms with van der Waals surface area (Å²) in [5.41, 5.74) is 5.14. The molecule has 0 radical (unpaired) electrons. The zero-order chi connectivity index (χ0) is 20.6. The van der Waals surface area contributed by atoms with Crippen molar-refractivity contribution >= 4 is 11.8 Å². The average molecular weight is 389 g/mol. The Hall–Kier alpha value is -3.51. The summed E-state index contributed by atoms with van der Waals surface area (Å²) in [6.07, 6.45) is 2.99. The van der Waals surface area contributed by atoms with E-state index in [9.17, 15) is 9.59 Å². The number of rotatable bonds is 7. The first-order valence-corrected chi connectivity index (χ1v) is 9.49. The molecule has 148 valence electrons. The largest absolute Gasteiger partial charge is 0.344 e. The van der Waals surface area contributed by atoms with E-state index in [1.807, 2.05) is 49.4 Å². The van der Waals surface area contributed by atoms with Crippen LogP contribution in [0.15, 0.2) is 72.9 Å². The van der Waals surface area contributed by atoms with Gasteiger partial charge in [-0.3, -0.25) is 19.8 Å². The lowest BCUT2D eigenvalue weighted by atomic mass is 10.0. The maximum Gasteiger partial charge on any atom is 0.274 e. The molecule has 3 N–H and O–H groups in total. The predicted molar refractivity (Wildman–Crippen MR) is 110 cm³/mol. The van der Waals surface area contributed by atoms with Gasteiger partial charge in [-0.25, -0.2) is 5.48 Å². The quantitative estimate of drug-likeness (QED) is 0.418. The molecule has 1 heterocycles. The minimum Gasteiger partial charge on any atom is -0.344 e. The topological polar surface area (TPSA) is 91.3 Å². The summed E-state index contributed by atoms with van der Waals surface area (Å²) in [5, 5.41) is 11.8. The molecule has 0 saturated carbocycles. The Bertz CT molecular complexity index is 972. The van der Waals surface area contributed by atoms with E-state index in [1.165, 1.54) is 12.3 Å². The van der Waals surface area contributed by atoms with Gasteiger partial charge in [0, 0.05) is 17.3 Å². The Morgan fingerprint density at radius 3 is 2.28 bits per heavy atom. The van der Waals surface area contributed by atoms with Gasteiger partial charge in [0.2, 0.25) is 0 Å². The lowest BCUT2D eigenvalue weighted by molar-refractivity contribution is 0.0706. The van der Waals surface area contributed by atoms with Gasteiger partial charge in [-0.1, -0.05) is 55.8 Å². The molecular formula is C23H23N3O3. The number of hydrogen-bond acceptors (Lipinski definition) is 4. The summed E-state index contributed by atoms with van der Waals surface area (Å²) in [4.78, 5) is 28.7. The number of carbonyl (C=O) groups is 2. The van der Waals surface area contributed by atoms with Gasteiger partial charge in [0.05, 0.1) is 11.7 Å². The molecular weight excluding hydrogens is 366 g/mol. The number of aromatic nitrogens is 1. The van der Waals surface area contributed by atoms with Crippen LogP contribution in [0.3, 0.4) is 0 Å². The zero-order valence-corrected chi connectivity index (χ0v) is 16.1. The maximum atomic E-state index is 12.8. The highest BCUT2D eigenvalue weighted by Gasteiger charge is 2.18. The summed E-state index contributed by atoms with van der Waals surface area (Å²) in [7, 11) is 0. The fraction of sp³-hybridized carbons (Fsp3) is 0.174. The number of hydroxylamine groups is 1. The smallest absolute Gasteiger partial charge is 0.274 e. The first-order valence-electron chi connectivity index (χ1n) is 9.49. The van der Waals surface area contributed by atoms with Crippen molar-refractivity contribution in [1.82, 2.24) is 15.8 Å². The number of nitrogens with zero attached hydrogens (tertiary/aromatic N) is 1. The van der Waals surface area contributed by atoms with Crippen molar-refractivity contribution in [1.29, 1.82) is 0 Å². The molecule has 0 aliphatic rings. The van der Waals surface area contributed by atoms with Crippen molar-refractivity contribution in [3.05, 3.63) is 89.7 Å². The molecule has 2 aromatic carbocycles. The number of carbonyl (C=O) groups excluding carboxylic acids is 2. The number of amides is 2. The molecule has 3 rings (SSSR count). The Morgan fingerprint density at radius 2 is 1.62 bits per heavy atom. The van der Waals surface area contributed by atoms with Crippen molar-refractivity contribution in [2.75, 3.05) is 0 Å². The predicted octanol–water partition coefficient (Wildman–Crippen LogP) is 4.14. The van der Waals surface area contributed by atoms with E-state index in [1.54, 1.807) is 23.7 Å². The van der Waals surface area contributed by atoms with Gasteiger partial charge in [-0.15, -0.1) is 0 Å². The van der Waals surface area contributed by atoms with Crippen molar-refractivity contribution in [2.24, 2.45) is 0 Å². The molecule has 6 nitrogen and oxygen atoms in total. The van der Waals surface area contributed by atoms with Gasteiger partial charge in [-0.2, -0.15) is 0 Å². The molecule has 0 fully saturated rings. The van der Waals surface area contributed by atoms with Crippen LogP contribution in [0.25, 0.3) is 11.1 Å². The monoisotopic (exact) mass is 389 g/mol. The summed E-state index contributed by atoms with van der Waals surface area (Å²) in [6.45, 7) is 2.01. The van der Waals surface area contributed by atoms with Gasteiger partial charge in [0.25, 0.3) is 11.8 Å². The van der Waals surface area contributed by atoms with Crippen LogP contribution in [0.2, 0.25) is 0 Å². The van der Waals surface area contributed by atoms with Gasteiger partial charge >= 0.3 is 0 Å². The second-order valence-corrected chi connectivity index (χ2v) is 6.67. The molecule has 0 spiro atoms. The molecule has 0 aliphatic heterocycles. The standard InChI is InChI=1S/C23H23N3O3/c1-2-6-20(21-15-19(13-14-24-21)23(28)26-29)25-22(27)18-11-9-17(10-12-18)16-7-4-3-5-8-16/h3-5,7-15,20,29H,2,6H2,1H3,(H,25,27)(H,26,28)/t20-/m0/s1. The third-order valence-corrected chi connectivity index (χ3v) is 4.64. The zero-order valence-electron chi connectivity index (χ0n) is 16.1. The Morgan fingerprint density at radius 1 is 0.931 bits per heavy atom. The van der Waals surface area contributed by atoms with Crippen LogP contribution in [0.4, 0.5) is 0 Å². The van der Waals surface area contributed by atoms with Crippen LogP contribution in [-0.2, 0) is 0 Å². The Kier molecular flexibility index (Phi) is 6.71. The first-order chi connectivity index (χ1) is 14.1. The van der Waals surface area contributed by atoms with E-state index in [0.717, 1.165) is 17.5 Å². The van der Waals surface area contributed by atoms with Gasteiger partial charge in [0.1, 0.15) is 0 Å². The van der Waals surface area contributed by atoms with Gasteiger partial charge < -0.3 is 5.32 Å². The Labute approximate surface area is 169 Å². The molecule has 29 heavy (non-hydrogen) atoms. The summed E-state index contributed by atoms with van der Waals surface area (Å²) >= 11 is 0. The number of benzene rings is 2. The Balaban J connectivity index is 1.77. The van der Waals surface area contributed by atoms with Crippen molar-refractivity contribution in [2.45, 2.75) is 25.8 Å². The molecule has 3 aromatic rings.